The molecule has 2 amide bonds. The van der Waals surface area contributed by atoms with Gasteiger partial charge in [0.05, 0.1) is 17.7 Å². The molecule has 1 aliphatic rings. The number of fused-ring (bicyclic) bond motifs is 3. The normalized spacial score (nSPS) is 16.3. The quantitative estimate of drug-likeness (QED) is 0.508. The van der Waals surface area contributed by atoms with Crippen molar-refractivity contribution >= 4 is 45.1 Å². The summed E-state index contributed by atoms with van der Waals surface area (Å²) in [5.41, 5.74) is 1.01. The van der Waals surface area contributed by atoms with E-state index in [9.17, 15) is 14.4 Å². The first kappa shape index (κ1) is 18.9. The number of hydrogen-bond donors (Lipinski definition) is 3. The van der Waals surface area contributed by atoms with E-state index < -0.39 is 0 Å². The minimum absolute atomic E-state index is 0.0496. The van der Waals surface area contributed by atoms with Crippen LogP contribution in [-0.2, 0) is 22.4 Å². The van der Waals surface area contributed by atoms with E-state index in [4.69, 9.17) is 0 Å². The zero-order valence-corrected chi connectivity index (χ0v) is 16.4. The standard InChI is InChI=1S/C17H22N4O3S2/c1-3-18-12(22)7-19-13(23)8-25-17-20-15(24)14-10-5-4-9(2)6-11(10)26-16(14)21-17/h9H,3-8H2,1-2H3,(H,18,22)(H,19,23)(H,20,21,24)/t9-/m1/s1. The Morgan fingerprint density at radius 1 is 1.35 bits per heavy atom. The number of nitrogens with zero attached hydrogens (tertiary/aromatic N) is 1. The Bertz CT molecular complexity index is 890. The van der Waals surface area contributed by atoms with Crippen LogP contribution < -0.4 is 16.2 Å². The van der Waals surface area contributed by atoms with Gasteiger partial charge in [-0.15, -0.1) is 11.3 Å². The van der Waals surface area contributed by atoms with Crippen molar-refractivity contribution in [3.05, 3.63) is 20.8 Å². The van der Waals surface area contributed by atoms with Crippen LogP contribution in [0.4, 0.5) is 0 Å². The third kappa shape index (κ3) is 4.27. The number of nitrogens with one attached hydrogen (secondary N) is 3. The molecule has 2 aromatic rings. The molecule has 0 saturated heterocycles. The van der Waals surface area contributed by atoms with Crippen molar-refractivity contribution in [2.45, 2.75) is 38.3 Å². The molecule has 0 spiro atoms. The van der Waals surface area contributed by atoms with E-state index in [0.29, 0.717) is 23.0 Å². The summed E-state index contributed by atoms with van der Waals surface area (Å²) in [4.78, 5) is 45.0. The molecule has 1 aliphatic carbocycles. The summed E-state index contributed by atoms with van der Waals surface area (Å²) < 4.78 is 0. The molecular formula is C17H22N4O3S2. The molecule has 7 nitrogen and oxygen atoms in total. The van der Waals surface area contributed by atoms with E-state index in [2.05, 4.69) is 27.5 Å². The first-order valence-electron chi connectivity index (χ1n) is 8.68. The average Bonchev–Trinajstić information content (AvgIpc) is 2.96. The topological polar surface area (TPSA) is 104 Å². The summed E-state index contributed by atoms with van der Waals surface area (Å²) in [7, 11) is 0. The maximum Gasteiger partial charge on any atom is 0.260 e. The Hall–Kier alpha value is -1.87. The van der Waals surface area contributed by atoms with E-state index in [1.54, 1.807) is 11.3 Å². The van der Waals surface area contributed by atoms with Crippen LogP contribution >= 0.6 is 23.1 Å². The number of H-pyrrole nitrogens is 1. The van der Waals surface area contributed by atoms with Gasteiger partial charge in [-0.3, -0.25) is 14.4 Å². The number of rotatable bonds is 6. The van der Waals surface area contributed by atoms with Gasteiger partial charge in [-0.1, -0.05) is 18.7 Å². The van der Waals surface area contributed by atoms with Crippen LogP contribution in [0.5, 0.6) is 0 Å². The van der Waals surface area contributed by atoms with Crippen molar-refractivity contribution < 1.29 is 9.59 Å². The smallest absolute Gasteiger partial charge is 0.260 e. The lowest BCUT2D eigenvalue weighted by Crippen LogP contribution is -2.37. The second-order valence-electron chi connectivity index (χ2n) is 6.42. The van der Waals surface area contributed by atoms with Gasteiger partial charge in [0.1, 0.15) is 4.83 Å². The lowest BCUT2D eigenvalue weighted by atomic mass is 9.89. The van der Waals surface area contributed by atoms with Gasteiger partial charge in [0.15, 0.2) is 5.16 Å². The van der Waals surface area contributed by atoms with Gasteiger partial charge < -0.3 is 15.6 Å². The van der Waals surface area contributed by atoms with Crippen LogP contribution in [0.3, 0.4) is 0 Å². The predicted molar refractivity (Wildman–Crippen MR) is 104 cm³/mol. The van der Waals surface area contributed by atoms with Gasteiger partial charge >= 0.3 is 0 Å². The SMILES string of the molecule is CCNC(=O)CNC(=O)CSc1nc2sc3c(c2c(=O)[nH]1)CC[C@@H](C)C3. The van der Waals surface area contributed by atoms with Gasteiger partial charge in [0, 0.05) is 11.4 Å². The Kier molecular flexibility index (Phi) is 5.98. The van der Waals surface area contributed by atoms with Crippen LogP contribution in [0.1, 0.15) is 30.7 Å². The number of aromatic amines is 1. The number of aryl methyl sites for hydroxylation is 1. The van der Waals surface area contributed by atoms with Crippen LogP contribution in [0.2, 0.25) is 0 Å². The number of aromatic nitrogens is 2. The molecule has 0 unspecified atom stereocenters. The Morgan fingerprint density at radius 3 is 2.92 bits per heavy atom. The molecule has 140 valence electrons. The number of likely N-dealkylation sites (N-methyl/N-ethyl adjacent to an activating group) is 1. The zero-order valence-electron chi connectivity index (χ0n) is 14.8. The van der Waals surface area contributed by atoms with Gasteiger partial charge in [-0.05, 0) is 37.7 Å². The average molecular weight is 395 g/mol. The summed E-state index contributed by atoms with van der Waals surface area (Å²) in [5, 5.41) is 6.30. The first-order valence-corrected chi connectivity index (χ1v) is 10.5. The van der Waals surface area contributed by atoms with E-state index in [1.165, 1.54) is 16.6 Å². The minimum Gasteiger partial charge on any atom is -0.355 e. The monoisotopic (exact) mass is 394 g/mol. The highest BCUT2D eigenvalue weighted by atomic mass is 32.2. The molecule has 1 atom stereocenters. The Morgan fingerprint density at radius 2 is 2.15 bits per heavy atom. The van der Waals surface area contributed by atoms with Gasteiger partial charge in [-0.25, -0.2) is 4.98 Å². The number of thiophene rings is 1. The molecule has 9 heteroatoms. The third-order valence-electron chi connectivity index (χ3n) is 4.30. The summed E-state index contributed by atoms with van der Waals surface area (Å²) in [6.45, 7) is 4.52. The van der Waals surface area contributed by atoms with Crippen molar-refractivity contribution in [2.75, 3.05) is 18.8 Å². The van der Waals surface area contributed by atoms with Crippen molar-refractivity contribution in [1.29, 1.82) is 0 Å². The number of hydrogen-bond acceptors (Lipinski definition) is 6. The Balaban J connectivity index is 1.67. The lowest BCUT2D eigenvalue weighted by molar-refractivity contribution is -0.124. The number of carbonyl (C=O) groups is 2. The molecule has 2 aromatic heterocycles. The molecule has 26 heavy (non-hydrogen) atoms. The maximum absolute atomic E-state index is 12.5. The molecule has 3 rings (SSSR count). The van der Waals surface area contributed by atoms with Gasteiger partial charge in [0.25, 0.3) is 5.56 Å². The highest BCUT2D eigenvalue weighted by molar-refractivity contribution is 7.99. The van der Waals surface area contributed by atoms with Gasteiger partial charge in [0.2, 0.25) is 11.8 Å². The van der Waals surface area contributed by atoms with Crippen molar-refractivity contribution in [3.63, 3.8) is 0 Å². The third-order valence-corrected chi connectivity index (χ3v) is 6.33. The largest absolute Gasteiger partial charge is 0.355 e. The number of carbonyl (C=O) groups excluding carboxylic acids is 2. The molecule has 0 bridgehead atoms. The van der Waals surface area contributed by atoms with E-state index >= 15 is 0 Å². The minimum atomic E-state index is -0.275. The van der Waals surface area contributed by atoms with E-state index in [1.807, 2.05) is 6.92 Å². The Labute approximate surface area is 159 Å². The number of thioether (sulfide) groups is 1. The fourth-order valence-electron chi connectivity index (χ4n) is 3.02. The van der Waals surface area contributed by atoms with Crippen LogP contribution in [0.15, 0.2) is 9.95 Å². The molecule has 0 radical (unpaired) electrons. The molecule has 0 saturated carbocycles. The fourth-order valence-corrected chi connectivity index (χ4v) is 5.15. The highest BCUT2D eigenvalue weighted by Crippen LogP contribution is 2.36. The zero-order chi connectivity index (χ0) is 18.7. The second-order valence-corrected chi connectivity index (χ2v) is 8.47. The van der Waals surface area contributed by atoms with Crippen LogP contribution in [-0.4, -0.2) is 40.6 Å². The van der Waals surface area contributed by atoms with Gasteiger partial charge in [-0.2, -0.15) is 0 Å². The summed E-state index contributed by atoms with van der Waals surface area (Å²) in [6.07, 6.45) is 3.02. The lowest BCUT2D eigenvalue weighted by Gasteiger charge is -2.17. The maximum atomic E-state index is 12.5. The number of amides is 2. The molecule has 2 heterocycles. The van der Waals surface area contributed by atoms with E-state index in [-0.39, 0.29) is 29.7 Å². The molecule has 0 aliphatic heterocycles. The molecule has 0 aromatic carbocycles. The van der Waals surface area contributed by atoms with Crippen molar-refractivity contribution in [2.24, 2.45) is 5.92 Å². The summed E-state index contributed by atoms with van der Waals surface area (Å²) in [5.74, 6) is 0.230. The summed E-state index contributed by atoms with van der Waals surface area (Å²) in [6, 6.07) is 0. The van der Waals surface area contributed by atoms with Crippen LogP contribution in [0, 0.1) is 5.92 Å². The molecule has 3 N–H and O–H groups in total. The van der Waals surface area contributed by atoms with Crippen LogP contribution in [0.25, 0.3) is 10.2 Å². The second kappa shape index (κ2) is 8.22. The fraction of sp³-hybridized carbons (Fsp3) is 0.529. The molecule has 0 fully saturated rings. The van der Waals surface area contributed by atoms with Crippen molar-refractivity contribution in [1.82, 2.24) is 20.6 Å². The van der Waals surface area contributed by atoms with Crippen molar-refractivity contribution in [3.8, 4) is 0 Å². The molecular weight excluding hydrogens is 372 g/mol. The predicted octanol–water partition coefficient (Wildman–Crippen LogP) is 1.45. The summed E-state index contributed by atoms with van der Waals surface area (Å²) >= 11 is 2.75. The highest BCUT2D eigenvalue weighted by Gasteiger charge is 2.23. The first-order chi connectivity index (χ1) is 12.5. The van der Waals surface area contributed by atoms with E-state index in [0.717, 1.165) is 29.7 Å².